The fourth-order valence-electron chi connectivity index (χ4n) is 0.724. The zero-order chi connectivity index (χ0) is 8.53. The minimum Gasteiger partial charge on any atom is -0.330 e. The van der Waals surface area contributed by atoms with Crippen LogP contribution in [0, 0.1) is 0 Å². The Hall–Kier alpha value is 0.684. The smallest absolute Gasteiger partial charge is 0.191 e. The summed E-state index contributed by atoms with van der Waals surface area (Å²) in [4.78, 5) is 0. The van der Waals surface area contributed by atoms with E-state index in [2.05, 4.69) is 13.8 Å². The molecule has 0 aromatic heterocycles. The molecule has 0 aromatic carbocycles. The summed E-state index contributed by atoms with van der Waals surface area (Å²) in [6.45, 7) is 4.88. The minimum absolute atomic E-state index is 0. The SMILES string of the molecule is CCCCO[PH](=O)CCCC.[Ni]. The van der Waals surface area contributed by atoms with E-state index in [1.807, 2.05) is 0 Å². The molecule has 2 nitrogen and oxygen atoms in total. The van der Waals surface area contributed by atoms with Gasteiger partial charge in [0.15, 0.2) is 8.03 Å². The molecular formula is C8H19NiO2P. The molecule has 0 aromatic rings. The van der Waals surface area contributed by atoms with Gasteiger partial charge in [0, 0.05) is 22.7 Å². The average Bonchev–Trinajstić information content (AvgIpc) is 2.01. The largest absolute Gasteiger partial charge is 0.330 e. The van der Waals surface area contributed by atoms with Crippen molar-refractivity contribution in [2.75, 3.05) is 12.8 Å². The first-order valence-corrected chi connectivity index (χ1v) is 5.99. The molecule has 78 valence electrons. The van der Waals surface area contributed by atoms with E-state index < -0.39 is 8.03 Å². The third-order valence-electron chi connectivity index (χ3n) is 1.50. The van der Waals surface area contributed by atoms with Gasteiger partial charge in [0.25, 0.3) is 0 Å². The van der Waals surface area contributed by atoms with Crippen molar-refractivity contribution in [3.63, 3.8) is 0 Å². The first-order chi connectivity index (χ1) is 5.31. The van der Waals surface area contributed by atoms with E-state index in [0.29, 0.717) is 6.61 Å². The van der Waals surface area contributed by atoms with Crippen LogP contribution in [0.2, 0.25) is 0 Å². The first-order valence-electron chi connectivity index (χ1n) is 4.46. The second-order valence-corrected chi connectivity index (χ2v) is 4.21. The summed E-state index contributed by atoms with van der Waals surface area (Å²) in [5.74, 6) is 0. The monoisotopic (exact) mass is 236 g/mol. The fourth-order valence-corrected chi connectivity index (χ4v) is 1.88. The molecule has 0 radical (unpaired) electrons. The van der Waals surface area contributed by atoms with Crippen LogP contribution >= 0.6 is 8.03 Å². The molecular weight excluding hydrogens is 218 g/mol. The molecule has 0 fully saturated rings. The van der Waals surface area contributed by atoms with Crippen LogP contribution in [-0.2, 0) is 25.6 Å². The van der Waals surface area contributed by atoms with Crippen molar-refractivity contribution < 1.29 is 25.6 Å². The molecule has 0 rings (SSSR count). The summed E-state index contributed by atoms with van der Waals surface area (Å²) < 4.78 is 16.2. The first kappa shape index (κ1) is 15.2. The maximum Gasteiger partial charge on any atom is 0.191 e. The molecule has 0 amide bonds. The average molecular weight is 237 g/mol. The van der Waals surface area contributed by atoms with Crippen molar-refractivity contribution >= 4 is 8.03 Å². The van der Waals surface area contributed by atoms with Crippen LogP contribution in [0.4, 0.5) is 0 Å². The minimum atomic E-state index is -1.67. The van der Waals surface area contributed by atoms with Crippen molar-refractivity contribution in [2.45, 2.75) is 39.5 Å². The second kappa shape index (κ2) is 11.7. The van der Waals surface area contributed by atoms with Crippen molar-refractivity contribution in [1.82, 2.24) is 0 Å². The Labute approximate surface area is 86.2 Å². The van der Waals surface area contributed by atoms with E-state index in [0.717, 1.165) is 31.8 Å². The fraction of sp³-hybridized carbons (Fsp3) is 1.00. The number of hydrogen-bond donors (Lipinski definition) is 0. The number of hydrogen-bond acceptors (Lipinski definition) is 2. The van der Waals surface area contributed by atoms with E-state index in [1.165, 1.54) is 0 Å². The van der Waals surface area contributed by atoms with Gasteiger partial charge < -0.3 is 4.52 Å². The second-order valence-electron chi connectivity index (χ2n) is 2.68. The van der Waals surface area contributed by atoms with E-state index in [-0.39, 0.29) is 16.5 Å². The summed E-state index contributed by atoms with van der Waals surface area (Å²) in [5.41, 5.74) is 0. The Kier molecular flexibility index (Phi) is 14.8. The summed E-state index contributed by atoms with van der Waals surface area (Å²) in [6, 6.07) is 0. The predicted octanol–water partition coefficient (Wildman–Crippen LogP) is 3.08. The third kappa shape index (κ3) is 10.7. The molecule has 0 N–H and O–H groups in total. The van der Waals surface area contributed by atoms with Crippen molar-refractivity contribution in [3.8, 4) is 0 Å². The van der Waals surface area contributed by atoms with Crippen LogP contribution in [0.25, 0.3) is 0 Å². The standard InChI is InChI=1S/C8H19O2P.Ni/c1-3-5-7-10-11(9)8-6-4-2;/h11H,3-8H2,1-2H3;. The molecule has 1 atom stereocenters. The van der Waals surface area contributed by atoms with E-state index in [9.17, 15) is 4.57 Å². The van der Waals surface area contributed by atoms with Gasteiger partial charge in [-0.2, -0.15) is 0 Å². The van der Waals surface area contributed by atoms with Gasteiger partial charge >= 0.3 is 0 Å². The molecule has 0 aliphatic carbocycles. The number of unbranched alkanes of at least 4 members (excludes halogenated alkanes) is 2. The number of rotatable bonds is 7. The molecule has 0 heterocycles. The van der Waals surface area contributed by atoms with Crippen LogP contribution in [0.3, 0.4) is 0 Å². The van der Waals surface area contributed by atoms with Gasteiger partial charge in [-0.25, -0.2) is 0 Å². The van der Waals surface area contributed by atoms with Crippen molar-refractivity contribution in [1.29, 1.82) is 0 Å². The van der Waals surface area contributed by atoms with Crippen molar-refractivity contribution in [2.24, 2.45) is 0 Å². The Morgan fingerprint density at radius 2 is 1.75 bits per heavy atom. The topological polar surface area (TPSA) is 26.3 Å². The summed E-state index contributed by atoms with van der Waals surface area (Å²) in [6.07, 6.45) is 5.05. The van der Waals surface area contributed by atoms with Crippen LogP contribution < -0.4 is 0 Å². The maximum absolute atomic E-state index is 11.0. The molecule has 0 aliphatic rings. The van der Waals surface area contributed by atoms with Crippen LogP contribution in [0.1, 0.15) is 39.5 Å². The Bertz CT molecular complexity index is 109. The molecule has 4 heteroatoms. The van der Waals surface area contributed by atoms with Gasteiger partial charge in [0.2, 0.25) is 0 Å². The predicted molar refractivity (Wildman–Crippen MR) is 49.6 cm³/mol. The van der Waals surface area contributed by atoms with Gasteiger partial charge in [-0.1, -0.05) is 26.7 Å². The summed E-state index contributed by atoms with van der Waals surface area (Å²) in [7, 11) is -1.67. The molecule has 0 bridgehead atoms. The molecule has 1 unspecified atom stereocenters. The van der Waals surface area contributed by atoms with Gasteiger partial charge in [-0.15, -0.1) is 0 Å². The molecule has 12 heavy (non-hydrogen) atoms. The summed E-state index contributed by atoms with van der Waals surface area (Å²) in [5, 5.41) is 0. The van der Waals surface area contributed by atoms with Gasteiger partial charge in [-0.05, 0) is 12.8 Å². The Morgan fingerprint density at radius 3 is 2.25 bits per heavy atom. The molecule has 0 saturated carbocycles. The van der Waals surface area contributed by atoms with Gasteiger partial charge in [-0.3, -0.25) is 4.57 Å². The zero-order valence-corrected chi connectivity index (χ0v) is 9.86. The normalized spacial score (nSPS) is 12.2. The Morgan fingerprint density at radius 1 is 1.17 bits per heavy atom. The quantitative estimate of drug-likeness (QED) is 0.386. The third-order valence-corrected chi connectivity index (χ3v) is 2.78. The van der Waals surface area contributed by atoms with Crippen molar-refractivity contribution in [3.05, 3.63) is 0 Å². The van der Waals surface area contributed by atoms with Gasteiger partial charge in [0.05, 0.1) is 6.61 Å². The zero-order valence-electron chi connectivity index (χ0n) is 7.88. The Balaban J connectivity index is 0. The maximum atomic E-state index is 11.0. The van der Waals surface area contributed by atoms with E-state index in [4.69, 9.17) is 4.52 Å². The van der Waals surface area contributed by atoms with Crippen LogP contribution in [0.15, 0.2) is 0 Å². The molecule has 0 aliphatic heterocycles. The molecule has 0 spiro atoms. The van der Waals surface area contributed by atoms with Gasteiger partial charge in [0.1, 0.15) is 0 Å². The van der Waals surface area contributed by atoms with E-state index >= 15 is 0 Å². The summed E-state index contributed by atoms with van der Waals surface area (Å²) >= 11 is 0. The van der Waals surface area contributed by atoms with E-state index in [1.54, 1.807) is 0 Å². The van der Waals surface area contributed by atoms with Crippen LogP contribution in [0.5, 0.6) is 0 Å². The van der Waals surface area contributed by atoms with Crippen LogP contribution in [-0.4, -0.2) is 12.8 Å². The molecule has 0 saturated heterocycles.